The number of nitrogen functional groups attached to an aromatic ring is 1. The lowest BCUT2D eigenvalue weighted by Crippen LogP contribution is -2.27. The summed E-state index contributed by atoms with van der Waals surface area (Å²) in [5, 5.41) is 0. The van der Waals surface area contributed by atoms with Crippen LogP contribution < -0.4 is 11.3 Å². The van der Waals surface area contributed by atoms with Crippen LogP contribution in [0.2, 0.25) is 0 Å². The largest absolute Gasteiger partial charge is 0.342 e. The second-order valence-electron chi connectivity index (χ2n) is 3.75. The summed E-state index contributed by atoms with van der Waals surface area (Å²) in [7, 11) is 1.79. The van der Waals surface area contributed by atoms with Crippen molar-refractivity contribution in [2.24, 2.45) is 5.84 Å². The van der Waals surface area contributed by atoms with Gasteiger partial charge in [0.25, 0.3) is 5.91 Å². The summed E-state index contributed by atoms with van der Waals surface area (Å²) >= 11 is 0. The predicted octanol–water partition coefficient (Wildman–Crippen LogP) is 1.16. The molecular formula is C11H18N4O. The maximum Gasteiger partial charge on any atom is 0.253 e. The first kappa shape index (κ1) is 12.4. The third-order valence-corrected chi connectivity index (χ3v) is 2.25. The molecule has 0 saturated carbocycles. The molecule has 0 saturated heterocycles. The number of carbonyl (C=O) groups excluding carboxylic acids is 1. The Morgan fingerprint density at radius 2 is 2.25 bits per heavy atom. The molecule has 1 heterocycles. The minimum absolute atomic E-state index is 0.0103. The van der Waals surface area contributed by atoms with Gasteiger partial charge in [0.15, 0.2) is 0 Å². The third kappa shape index (κ3) is 2.93. The molecule has 0 atom stereocenters. The smallest absolute Gasteiger partial charge is 0.253 e. The average Bonchev–Trinajstić information content (AvgIpc) is 2.27. The molecule has 0 aliphatic heterocycles. The number of anilines is 1. The van der Waals surface area contributed by atoms with Gasteiger partial charge in [-0.1, -0.05) is 6.92 Å². The molecule has 5 nitrogen and oxygen atoms in total. The van der Waals surface area contributed by atoms with Crippen molar-refractivity contribution < 1.29 is 4.79 Å². The molecule has 1 rings (SSSR count). The number of nitrogens with two attached hydrogens (primary N) is 1. The number of hydrogen-bond acceptors (Lipinski definition) is 4. The SMILES string of the molecule is CCCN(C)C(=O)c1cc(C)nc(NN)c1. The Bertz CT molecular complexity index is 378. The minimum atomic E-state index is -0.0103. The number of amides is 1. The molecule has 3 N–H and O–H groups in total. The van der Waals surface area contributed by atoms with Gasteiger partial charge < -0.3 is 10.3 Å². The maximum atomic E-state index is 12.0. The lowest BCUT2D eigenvalue weighted by atomic mass is 10.2. The van der Waals surface area contributed by atoms with Crippen LogP contribution in [0.1, 0.15) is 29.4 Å². The molecule has 0 fully saturated rings. The van der Waals surface area contributed by atoms with E-state index in [1.54, 1.807) is 24.1 Å². The van der Waals surface area contributed by atoms with E-state index in [0.717, 1.165) is 18.7 Å². The first-order valence-electron chi connectivity index (χ1n) is 5.29. The normalized spacial score (nSPS) is 10.0. The molecule has 0 unspecified atom stereocenters. The minimum Gasteiger partial charge on any atom is -0.342 e. The highest BCUT2D eigenvalue weighted by Crippen LogP contribution is 2.11. The molecule has 0 spiro atoms. The second-order valence-corrected chi connectivity index (χ2v) is 3.75. The first-order valence-corrected chi connectivity index (χ1v) is 5.29. The van der Waals surface area contributed by atoms with Crippen LogP contribution in [0.25, 0.3) is 0 Å². The molecule has 1 aromatic heterocycles. The quantitative estimate of drug-likeness (QED) is 0.592. The fourth-order valence-corrected chi connectivity index (χ4v) is 1.52. The fraction of sp³-hybridized carbons (Fsp3) is 0.455. The Kier molecular flexibility index (Phi) is 4.25. The van der Waals surface area contributed by atoms with Crippen molar-refractivity contribution in [3.63, 3.8) is 0 Å². The Morgan fingerprint density at radius 1 is 1.56 bits per heavy atom. The Labute approximate surface area is 95.6 Å². The first-order chi connectivity index (χ1) is 7.58. The summed E-state index contributed by atoms with van der Waals surface area (Å²) in [6.07, 6.45) is 0.939. The van der Waals surface area contributed by atoms with Crippen LogP contribution >= 0.6 is 0 Å². The molecule has 1 amide bonds. The number of aromatic nitrogens is 1. The standard InChI is InChI=1S/C11H18N4O/c1-4-5-15(3)11(16)9-6-8(2)13-10(7-9)14-12/h6-7H,4-5,12H2,1-3H3,(H,13,14). The van der Waals surface area contributed by atoms with Crippen LogP contribution in [-0.2, 0) is 0 Å². The van der Waals surface area contributed by atoms with Crippen LogP contribution in [0.15, 0.2) is 12.1 Å². The fourth-order valence-electron chi connectivity index (χ4n) is 1.52. The van der Waals surface area contributed by atoms with Gasteiger partial charge in [-0.05, 0) is 25.5 Å². The van der Waals surface area contributed by atoms with Gasteiger partial charge >= 0.3 is 0 Å². The van der Waals surface area contributed by atoms with Crippen LogP contribution in [0.5, 0.6) is 0 Å². The van der Waals surface area contributed by atoms with E-state index in [-0.39, 0.29) is 5.91 Å². The molecule has 88 valence electrons. The van der Waals surface area contributed by atoms with Gasteiger partial charge in [0.05, 0.1) is 0 Å². The number of nitrogens with zero attached hydrogens (tertiary/aromatic N) is 2. The zero-order valence-corrected chi connectivity index (χ0v) is 9.95. The van der Waals surface area contributed by atoms with Crippen molar-refractivity contribution in [2.45, 2.75) is 20.3 Å². The average molecular weight is 222 g/mol. The molecular weight excluding hydrogens is 204 g/mol. The molecule has 0 aliphatic carbocycles. The summed E-state index contributed by atoms with van der Waals surface area (Å²) in [5.74, 6) is 5.78. The van der Waals surface area contributed by atoms with Gasteiger partial charge in [0.1, 0.15) is 5.82 Å². The zero-order chi connectivity index (χ0) is 12.1. The molecule has 5 heteroatoms. The number of nitrogens with one attached hydrogen (secondary N) is 1. The number of carbonyl (C=O) groups is 1. The second kappa shape index (κ2) is 5.46. The summed E-state index contributed by atoms with van der Waals surface area (Å²) < 4.78 is 0. The maximum absolute atomic E-state index is 12.0. The highest BCUT2D eigenvalue weighted by molar-refractivity contribution is 5.94. The van der Waals surface area contributed by atoms with E-state index in [1.807, 2.05) is 13.8 Å². The lowest BCUT2D eigenvalue weighted by molar-refractivity contribution is 0.0795. The third-order valence-electron chi connectivity index (χ3n) is 2.25. The Morgan fingerprint density at radius 3 is 2.81 bits per heavy atom. The van der Waals surface area contributed by atoms with Crippen molar-refractivity contribution in [3.05, 3.63) is 23.4 Å². The van der Waals surface area contributed by atoms with E-state index in [1.165, 1.54) is 0 Å². The van der Waals surface area contributed by atoms with Gasteiger partial charge in [-0.3, -0.25) is 4.79 Å². The van der Waals surface area contributed by atoms with E-state index in [2.05, 4.69) is 10.4 Å². The monoisotopic (exact) mass is 222 g/mol. The van der Waals surface area contributed by atoms with E-state index in [0.29, 0.717) is 11.4 Å². The molecule has 0 radical (unpaired) electrons. The topological polar surface area (TPSA) is 71.2 Å². The van der Waals surface area contributed by atoms with Crippen molar-refractivity contribution in [2.75, 3.05) is 19.0 Å². The van der Waals surface area contributed by atoms with Crippen molar-refractivity contribution in [1.82, 2.24) is 9.88 Å². The molecule has 0 bridgehead atoms. The van der Waals surface area contributed by atoms with Crippen LogP contribution in [0, 0.1) is 6.92 Å². The Balaban J connectivity index is 2.94. The van der Waals surface area contributed by atoms with Crippen molar-refractivity contribution in [1.29, 1.82) is 0 Å². The van der Waals surface area contributed by atoms with Crippen molar-refractivity contribution >= 4 is 11.7 Å². The van der Waals surface area contributed by atoms with Gasteiger partial charge in [-0.2, -0.15) is 0 Å². The van der Waals surface area contributed by atoms with Crippen LogP contribution in [-0.4, -0.2) is 29.4 Å². The lowest BCUT2D eigenvalue weighted by Gasteiger charge is -2.16. The summed E-state index contributed by atoms with van der Waals surface area (Å²) in [6, 6.07) is 3.41. The molecule has 16 heavy (non-hydrogen) atoms. The van der Waals surface area contributed by atoms with Crippen molar-refractivity contribution in [3.8, 4) is 0 Å². The van der Waals surface area contributed by atoms with E-state index in [9.17, 15) is 4.79 Å². The zero-order valence-electron chi connectivity index (χ0n) is 9.95. The summed E-state index contributed by atoms with van der Waals surface area (Å²) in [4.78, 5) is 17.8. The number of hydrazine groups is 1. The van der Waals surface area contributed by atoms with Gasteiger partial charge in [0.2, 0.25) is 0 Å². The number of pyridine rings is 1. The highest BCUT2D eigenvalue weighted by atomic mass is 16.2. The summed E-state index contributed by atoms with van der Waals surface area (Å²) in [5.41, 5.74) is 3.83. The van der Waals surface area contributed by atoms with E-state index in [4.69, 9.17) is 5.84 Å². The van der Waals surface area contributed by atoms with Gasteiger partial charge in [-0.25, -0.2) is 10.8 Å². The predicted molar refractivity (Wildman–Crippen MR) is 64.0 cm³/mol. The Hall–Kier alpha value is -1.62. The summed E-state index contributed by atoms with van der Waals surface area (Å²) in [6.45, 7) is 4.61. The number of aryl methyl sites for hydroxylation is 1. The van der Waals surface area contributed by atoms with Crippen LogP contribution in [0.4, 0.5) is 5.82 Å². The van der Waals surface area contributed by atoms with E-state index >= 15 is 0 Å². The highest BCUT2D eigenvalue weighted by Gasteiger charge is 2.12. The van der Waals surface area contributed by atoms with Gasteiger partial charge in [0, 0.05) is 24.8 Å². The number of hydrogen-bond donors (Lipinski definition) is 2. The molecule has 1 aromatic rings. The number of rotatable bonds is 4. The van der Waals surface area contributed by atoms with E-state index < -0.39 is 0 Å². The van der Waals surface area contributed by atoms with Gasteiger partial charge in [-0.15, -0.1) is 0 Å². The van der Waals surface area contributed by atoms with Crippen LogP contribution in [0.3, 0.4) is 0 Å². The molecule has 0 aromatic carbocycles. The molecule has 0 aliphatic rings.